The number of benzene rings is 1. The van der Waals surface area contributed by atoms with Gasteiger partial charge in [0.2, 0.25) is 6.41 Å². The van der Waals surface area contributed by atoms with E-state index in [1.54, 1.807) is 24.6 Å². The Morgan fingerprint density at radius 2 is 2.19 bits per heavy atom. The summed E-state index contributed by atoms with van der Waals surface area (Å²) in [7, 11) is 1.74. The Morgan fingerprint density at radius 1 is 1.62 bits per heavy atom. The van der Waals surface area contributed by atoms with E-state index in [0.29, 0.717) is 11.7 Å². The average molecular weight is 291 g/mol. The maximum Gasteiger partial charge on any atom is 0.221 e. The topological polar surface area (TPSA) is 105 Å². The number of nitrogens with two attached hydrogens (primary N) is 2. The summed E-state index contributed by atoms with van der Waals surface area (Å²) in [6.45, 7) is 0. The second kappa shape index (κ2) is 7.91. The first-order valence-corrected chi connectivity index (χ1v) is 5.45. The SMILES string of the molecule is CN(N)c1cccc(O)c1CBr.NNC=O. The highest BCUT2D eigenvalue weighted by atomic mass is 79.9. The molecule has 16 heavy (non-hydrogen) atoms. The van der Waals surface area contributed by atoms with Gasteiger partial charge in [0.05, 0.1) is 5.69 Å². The van der Waals surface area contributed by atoms with Crippen LogP contribution in [0.15, 0.2) is 18.2 Å². The molecule has 0 fully saturated rings. The van der Waals surface area contributed by atoms with Gasteiger partial charge in [0.15, 0.2) is 0 Å². The lowest BCUT2D eigenvalue weighted by Crippen LogP contribution is -2.25. The van der Waals surface area contributed by atoms with Crippen LogP contribution in [0.4, 0.5) is 5.69 Å². The van der Waals surface area contributed by atoms with E-state index >= 15 is 0 Å². The molecule has 0 saturated carbocycles. The van der Waals surface area contributed by atoms with E-state index in [9.17, 15) is 5.11 Å². The summed E-state index contributed by atoms with van der Waals surface area (Å²) in [4.78, 5) is 8.94. The molecule has 0 heterocycles. The van der Waals surface area contributed by atoms with E-state index in [4.69, 9.17) is 10.6 Å². The normalized spacial score (nSPS) is 8.75. The Bertz CT molecular complexity index is 333. The predicted molar refractivity (Wildman–Crippen MR) is 66.7 cm³/mol. The van der Waals surface area contributed by atoms with Gasteiger partial charge >= 0.3 is 0 Å². The minimum Gasteiger partial charge on any atom is -0.508 e. The lowest BCUT2D eigenvalue weighted by molar-refractivity contribution is -0.109. The number of amides is 1. The molecule has 90 valence electrons. The van der Waals surface area contributed by atoms with Crippen molar-refractivity contribution < 1.29 is 9.90 Å². The molecule has 0 saturated heterocycles. The quantitative estimate of drug-likeness (QED) is 0.209. The fraction of sp³-hybridized carbons (Fsp3) is 0.222. The standard InChI is InChI=1S/C8H11BrN2O.CH4N2O/c1-11(10)7-3-2-4-8(12)6(7)5-9;2-3-1-4/h2-4,12H,5,10H2,1H3;1H,2H2,(H,3,4). The van der Waals surface area contributed by atoms with E-state index in [2.05, 4.69) is 21.8 Å². The number of aromatic hydroxyl groups is 1. The van der Waals surface area contributed by atoms with Gasteiger partial charge in [-0.05, 0) is 12.1 Å². The van der Waals surface area contributed by atoms with Crippen molar-refractivity contribution in [2.24, 2.45) is 11.7 Å². The first-order valence-electron chi connectivity index (χ1n) is 4.33. The molecule has 6 N–H and O–H groups in total. The highest BCUT2D eigenvalue weighted by Gasteiger charge is 2.07. The van der Waals surface area contributed by atoms with Crippen molar-refractivity contribution in [2.75, 3.05) is 12.1 Å². The first-order chi connectivity index (χ1) is 7.58. The number of hydrogen-bond donors (Lipinski definition) is 4. The number of phenolic OH excluding ortho intramolecular Hbond substituents is 1. The lowest BCUT2D eigenvalue weighted by Gasteiger charge is -2.16. The zero-order valence-corrected chi connectivity index (χ0v) is 10.4. The molecule has 0 aromatic heterocycles. The van der Waals surface area contributed by atoms with Crippen molar-refractivity contribution >= 4 is 28.0 Å². The Kier molecular flexibility index (Phi) is 7.27. The Morgan fingerprint density at radius 3 is 2.50 bits per heavy atom. The number of nitrogens with zero attached hydrogens (tertiary/aromatic N) is 1. The fourth-order valence-corrected chi connectivity index (χ4v) is 1.60. The first kappa shape index (κ1) is 14.7. The van der Waals surface area contributed by atoms with E-state index in [1.807, 2.05) is 6.07 Å². The molecule has 1 aromatic rings. The van der Waals surface area contributed by atoms with Crippen LogP contribution in [0.2, 0.25) is 0 Å². The molecule has 0 atom stereocenters. The number of carbonyl (C=O) groups is 1. The fourth-order valence-electron chi connectivity index (χ4n) is 1.03. The van der Waals surface area contributed by atoms with Gasteiger partial charge in [0, 0.05) is 17.9 Å². The molecule has 1 rings (SSSR count). The lowest BCUT2D eigenvalue weighted by atomic mass is 10.2. The van der Waals surface area contributed by atoms with Crippen molar-refractivity contribution in [1.29, 1.82) is 0 Å². The van der Waals surface area contributed by atoms with Gasteiger partial charge in [-0.2, -0.15) is 0 Å². The number of halogens is 1. The molecule has 7 heteroatoms. The van der Waals surface area contributed by atoms with Crippen molar-refractivity contribution in [3.8, 4) is 5.75 Å². The monoisotopic (exact) mass is 290 g/mol. The van der Waals surface area contributed by atoms with E-state index in [0.717, 1.165) is 11.3 Å². The van der Waals surface area contributed by atoms with Crippen molar-refractivity contribution in [3.05, 3.63) is 23.8 Å². The smallest absolute Gasteiger partial charge is 0.221 e. The molecule has 0 bridgehead atoms. The maximum atomic E-state index is 9.43. The van der Waals surface area contributed by atoms with Gasteiger partial charge < -0.3 is 10.1 Å². The Balaban J connectivity index is 0.000000487. The number of rotatable bonds is 3. The number of anilines is 1. The number of hydrazine groups is 2. The molecular formula is C9H15BrN4O2. The van der Waals surface area contributed by atoms with Crippen LogP contribution in [0.3, 0.4) is 0 Å². The summed E-state index contributed by atoms with van der Waals surface area (Å²) >= 11 is 3.29. The van der Waals surface area contributed by atoms with E-state index in [1.165, 1.54) is 5.01 Å². The summed E-state index contributed by atoms with van der Waals surface area (Å²) in [5.41, 5.74) is 3.38. The average Bonchev–Trinajstić information content (AvgIpc) is 2.29. The highest BCUT2D eigenvalue weighted by Crippen LogP contribution is 2.28. The molecule has 0 aliphatic heterocycles. The van der Waals surface area contributed by atoms with Crippen LogP contribution in [-0.4, -0.2) is 18.6 Å². The van der Waals surface area contributed by atoms with E-state index < -0.39 is 0 Å². The summed E-state index contributed by atoms with van der Waals surface area (Å²) in [5.74, 6) is 10.2. The second-order valence-electron chi connectivity index (χ2n) is 2.80. The molecule has 0 unspecified atom stereocenters. The van der Waals surface area contributed by atoms with Gasteiger partial charge in [-0.15, -0.1) is 0 Å². The predicted octanol–water partition coefficient (Wildman–Crippen LogP) is 0.203. The Labute approximate surface area is 102 Å². The summed E-state index contributed by atoms with van der Waals surface area (Å²) in [6.07, 6.45) is 0.403. The molecule has 0 aliphatic carbocycles. The molecular weight excluding hydrogens is 276 g/mol. The van der Waals surface area contributed by atoms with Crippen LogP contribution in [0, 0.1) is 0 Å². The van der Waals surface area contributed by atoms with Gasteiger partial charge in [-0.1, -0.05) is 22.0 Å². The number of phenols is 1. The zero-order valence-electron chi connectivity index (χ0n) is 8.85. The number of hydrogen-bond acceptors (Lipinski definition) is 5. The minimum absolute atomic E-state index is 0.265. The van der Waals surface area contributed by atoms with Gasteiger partial charge in [-0.3, -0.25) is 10.2 Å². The molecule has 6 nitrogen and oxygen atoms in total. The van der Waals surface area contributed by atoms with Crippen LogP contribution in [0.1, 0.15) is 5.56 Å². The third-order valence-corrected chi connectivity index (χ3v) is 2.27. The molecule has 0 radical (unpaired) electrons. The molecule has 0 spiro atoms. The van der Waals surface area contributed by atoms with E-state index in [-0.39, 0.29) is 5.75 Å². The van der Waals surface area contributed by atoms with Crippen LogP contribution in [0.25, 0.3) is 0 Å². The Hall–Kier alpha value is -1.31. The van der Waals surface area contributed by atoms with Crippen LogP contribution in [0.5, 0.6) is 5.75 Å². The second-order valence-corrected chi connectivity index (χ2v) is 3.36. The van der Waals surface area contributed by atoms with Crippen molar-refractivity contribution in [1.82, 2.24) is 5.43 Å². The van der Waals surface area contributed by atoms with Crippen LogP contribution in [-0.2, 0) is 10.1 Å². The van der Waals surface area contributed by atoms with Crippen LogP contribution >= 0.6 is 15.9 Å². The largest absolute Gasteiger partial charge is 0.508 e. The van der Waals surface area contributed by atoms with Crippen molar-refractivity contribution in [3.63, 3.8) is 0 Å². The maximum absolute atomic E-state index is 9.43. The van der Waals surface area contributed by atoms with Gasteiger partial charge in [-0.25, -0.2) is 11.7 Å². The number of alkyl halides is 1. The van der Waals surface area contributed by atoms with Crippen molar-refractivity contribution in [2.45, 2.75) is 5.33 Å². The van der Waals surface area contributed by atoms with Gasteiger partial charge in [0.25, 0.3) is 0 Å². The third kappa shape index (κ3) is 4.47. The highest BCUT2D eigenvalue weighted by molar-refractivity contribution is 9.08. The zero-order chi connectivity index (χ0) is 12.6. The number of nitrogens with one attached hydrogen (secondary N) is 1. The molecule has 1 aromatic carbocycles. The molecule has 0 aliphatic rings. The molecule has 1 amide bonds. The van der Waals surface area contributed by atoms with Gasteiger partial charge in [0.1, 0.15) is 5.75 Å². The summed E-state index contributed by atoms with van der Waals surface area (Å²) < 4.78 is 0. The third-order valence-electron chi connectivity index (χ3n) is 1.71. The minimum atomic E-state index is 0.265. The number of carbonyl (C=O) groups excluding carboxylic acids is 1. The summed E-state index contributed by atoms with van der Waals surface area (Å²) in [5, 5.41) is 11.5. The van der Waals surface area contributed by atoms with Crippen LogP contribution < -0.4 is 22.1 Å². The summed E-state index contributed by atoms with van der Waals surface area (Å²) in [6, 6.07) is 5.26.